The zero-order chi connectivity index (χ0) is 17.9. The first-order valence-electron chi connectivity index (χ1n) is 8.93. The van der Waals surface area contributed by atoms with Crippen molar-refractivity contribution in [2.45, 2.75) is 39.0 Å². The second-order valence-corrected chi connectivity index (χ2v) is 7.71. The molecule has 0 radical (unpaired) electrons. The predicted octanol–water partition coefficient (Wildman–Crippen LogP) is 3.67. The Kier molecular flexibility index (Phi) is 4.95. The van der Waals surface area contributed by atoms with Gasteiger partial charge in [-0.2, -0.15) is 5.10 Å². The van der Waals surface area contributed by atoms with E-state index in [1.54, 1.807) is 11.3 Å². The van der Waals surface area contributed by atoms with E-state index in [2.05, 4.69) is 28.4 Å². The Bertz CT molecular complexity index is 860. The van der Waals surface area contributed by atoms with E-state index in [0.29, 0.717) is 6.54 Å². The lowest BCUT2D eigenvalue weighted by atomic mass is 10.1. The third kappa shape index (κ3) is 3.61. The fraction of sp³-hybridized carbons (Fsp3) is 0.350. The van der Waals surface area contributed by atoms with E-state index in [-0.39, 0.29) is 6.61 Å². The van der Waals surface area contributed by atoms with Crippen molar-refractivity contribution in [1.29, 1.82) is 0 Å². The third-order valence-electron chi connectivity index (χ3n) is 4.81. The Morgan fingerprint density at radius 3 is 2.96 bits per heavy atom. The molecule has 0 bridgehead atoms. The lowest BCUT2D eigenvalue weighted by Gasteiger charge is -2.28. The Morgan fingerprint density at radius 1 is 1.31 bits per heavy atom. The van der Waals surface area contributed by atoms with Crippen molar-refractivity contribution >= 4 is 17.2 Å². The standard InChI is InChI=1S/C20H23N3O2S/c1-14-11-21-22-20(14)23(12-18-6-3-9-26-18)19(24)13-25-17-8-7-15-4-2-5-16(15)10-17/h3,6-11,19,24H,2,4-5,12-13H2,1H3,(H,21,22). The van der Waals surface area contributed by atoms with Crippen molar-refractivity contribution in [3.8, 4) is 5.75 Å². The Morgan fingerprint density at radius 2 is 2.19 bits per heavy atom. The van der Waals surface area contributed by atoms with Crippen molar-refractivity contribution in [2.24, 2.45) is 0 Å². The van der Waals surface area contributed by atoms with E-state index in [9.17, 15) is 5.11 Å². The normalized spacial score (nSPS) is 14.2. The maximum absolute atomic E-state index is 10.8. The van der Waals surface area contributed by atoms with E-state index in [0.717, 1.165) is 30.0 Å². The van der Waals surface area contributed by atoms with Gasteiger partial charge in [-0.05, 0) is 60.9 Å². The number of hydrogen-bond donors (Lipinski definition) is 2. The summed E-state index contributed by atoms with van der Waals surface area (Å²) in [5.41, 5.74) is 3.79. The molecular formula is C20H23N3O2S. The second kappa shape index (κ2) is 7.51. The zero-order valence-corrected chi connectivity index (χ0v) is 15.6. The molecule has 2 aromatic heterocycles. The van der Waals surface area contributed by atoms with Crippen LogP contribution in [0.2, 0.25) is 0 Å². The summed E-state index contributed by atoms with van der Waals surface area (Å²) < 4.78 is 5.90. The molecular weight excluding hydrogens is 346 g/mol. The molecule has 1 unspecified atom stereocenters. The van der Waals surface area contributed by atoms with Crippen molar-refractivity contribution in [3.05, 3.63) is 63.5 Å². The van der Waals surface area contributed by atoms with Gasteiger partial charge in [0, 0.05) is 16.6 Å². The SMILES string of the molecule is Cc1c[nH]nc1N(Cc1cccs1)C(O)COc1ccc2c(c1)CCC2. The number of hydrogen-bond acceptors (Lipinski definition) is 5. The van der Waals surface area contributed by atoms with Gasteiger partial charge < -0.3 is 14.7 Å². The highest BCUT2D eigenvalue weighted by Gasteiger charge is 2.22. The number of aliphatic hydroxyl groups excluding tert-OH is 1. The highest BCUT2D eigenvalue weighted by Crippen LogP contribution is 2.27. The van der Waals surface area contributed by atoms with Gasteiger partial charge in [0.05, 0.1) is 6.54 Å². The number of fused-ring (bicyclic) bond motifs is 1. The predicted molar refractivity (Wildman–Crippen MR) is 104 cm³/mol. The third-order valence-corrected chi connectivity index (χ3v) is 5.67. The van der Waals surface area contributed by atoms with Crippen molar-refractivity contribution < 1.29 is 9.84 Å². The molecule has 4 rings (SSSR count). The summed E-state index contributed by atoms with van der Waals surface area (Å²) in [6.07, 6.45) is 4.55. The first kappa shape index (κ1) is 17.1. The number of nitrogens with one attached hydrogen (secondary N) is 1. The van der Waals surface area contributed by atoms with Gasteiger partial charge in [0.15, 0.2) is 12.0 Å². The fourth-order valence-electron chi connectivity index (χ4n) is 3.42. The maximum atomic E-state index is 10.8. The lowest BCUT2D eigenvalue weighted by molar-refractivity contribution is 0.101. The summed E-state index contributed by atoms with van der Waals surface area (Å²) in [6.45, 7) is 2.77. The van der Waals surface area contributed by atoms with Crippen molar-refractivity contribution in [3.63, 3.8) is 0 Å². The highest BCUT2D eigenvalue weighted by molar-refractivity contribution is 7.09. The quantitative estimate of drug-likeness (QED) is 0.624. The van der Waals surface area contributed by atoms with Crippen LogP contribution in [0.5, 0.6) is 5.75 Å². The van der Waals surface area contributed by atoms with E-state index in [1.807, 2.05) is 35.5 Å². The monoisotopic (exact) mass is 369 g/mol. The maximum Gasteiger partial charge on any atom is 0.162 e. The number of aromatic nitrogens is 2. The van der Waals surface area contributed by atoms with Crippen LogP contribution in [0.4, 0.5) is 5.82 Å². The molecule has 136 valence electrons. The minimum absolute atomic E-state index is 0.191. The molecule has 0 saturated heterocycles. The molecule has 5 nitrogen and oxygen atoms in total. The molecule has 26 heavy (non-hydrogen) atoms. The molecule has 1 aliphatic carbocycles. The molecule has 3 aromatic rings. The average molecular weight is 369 g/mol. The van der Waals surface area contributed by atoms with Gasteiger partial charge >= 0.3 is 0 Å². The number of H-pyrrole nitrogens is 1. The average Bonchev–Trinajstić information content (AvgIpc) is 3.39. The van der Waals surface area contributed by atoms with E-state index < -0.39 is 6.23 Å². The van der Waals surface area contributed by atoms with Gasteiger partial charge in [-0.25, -0.2) is 0 Å². The summed E-state index contributed by atoms with van der Waals surface area (Å²) in [6, 6.07) is 10.3. The summed E-state index contributed by atoms with van der Waals surface area (Å²) in [7, 11) is 0. The summed E-state index contributed by atoms with van der Waals surface area (Å²) in [5.74, 6) is 1.57. The molecule has 0 amide bonds. The van der Waals surface area contributed by atoms with Crippen LogP contribution in [0.1, 0.15) is 28.0 Å². The smallest absolute Gasteiger partial charge is 0.162 e. The first-order valence-corrected chi connectivity index (χ1v) is 9.81. The molecule has 0 aliphatic heterocycles. The van der Waals surface area contributed by atoms with E-state index in [1.165, 1.54) is 22.4 Å². The molecule has 1 aromatic carbocycles. The molecule has 6 heteroatoms. The van der Waals surface area contributed by atoms with Gasteiger partial charge in [-0.1, -0.05) is 12.1 Å². The van der Waals surface area contributed by atoms with Crippen LogP contribution in [0, 0.1) is 6.92 Å². The number of thiophene rings is 1. The summed E-state index contributed by atoms with van der Waals surface area (Å²) >= 11 is 1.67. The van der Waals surface area contributed by atoms with Crippen LogP contribution < -0.4 is 9.64 Å². The van der Waals surface area contributed by atoms with Crippen LogP contribution in [0.15, 0.2) is 41.9 Å². The number of rotatable bonds is 7. The Labute approximate surface area is 157 Å². The first-order chi connectivity index (χ1) is 12.7. The number of aliphatic hydroxyl groups is 1. The van der Waals surface area contributed by atoms with Crippen LogP contribution in [0.25, 0.3) is 0 Å². The number of aromatic amines is 1. The minimum Gasteiger partial charge on any atom is -0.489 e. The van der Waals surface area contributed by atoms with Gasteiger partial charge in [0.1, 0.15) is 12.4 Å². The van der Waals surface area contributed by atoms with Gasteiger partial charge in [0.2, 0.25) is 0 Å². The molecule has 0 saturated carbocycles. The number of anilines is 1. The van der Waals surface area contributed by atoms with Gasteiger partial charge in [-0.3, -0.25) is 5.10 Å². The summed E-state index contributed by atoms with van der Waals surface area (Å²) in [4.78, 5) is 3.05. The largest absolute Gasteiger partial charge is 0.489 e. The number of aryl methyl sites for hydroxylation is 3. The fourth-order valence-corrected chi connectivity index (χ4v) is 4.13. The zero-order valence-electron chi connectivity index (χ0n) is 14.8. The second-order valence-electron chi connectivity index (χ2n) is 6.67. The van der Waals surface area contributed by atoms with Crippen LogP contribution in [0.3, 0.4) is 0 Å². The molecule has 0 fully saturated rings. The van der Waals surface area contributed by atoms with Gasteiger partial charge in [-0.15, -0.1) is 11.3 Å². The minimum atomic E-state index is -0.785. The Balaban J connectivity index is 1.47. The summed E-state index contributed by atoms with van der Waals surface area (Å²) in [5, 5.41) is 20.0. The van der Waals surface area contributed by atoms with Crippen molar-refractivity contribution in [2.75, 3.05) is 11.5 Å². The number of benzene rings is 1. The molecule has 1 atom stereocenters. The molecule has 0 spiro atoms. The lowest BCUT2D eigenvalue weighted by Crippen LogP contribution is -2.39. The van der Waals surface area contributed by atoms with Crippen LogP contribution in [-0.2, 0) is 19.4 Å². The Hall–Kier alpha value is -2.31. The molecule has 1 aliphatic rings. The van der Waals surface area contributed by atoms with Crippen LogP contribution >= 0.6 is 11.3 Å². The van der Waals surface area contributed by atoms with E-state index in [4.69, 9.17) is 4.74 Å². The van der Waals surface area contributed by atoms with Crippen LogP contribution in [-0.4, -0.2) is 28.1 Å². The van der Waals surface area contributed by atoms with Crippen molar-refractivity contribution in [1.82, 2.24) is 10.2 Å². The highest BCUT2D eigenvalue weighted by atomic mass is 32.1. The van der Waals surface area contributed by atoms with Gasteiger partial charge in [0.25, 0.3) is 0 Å². The number of ether oxygens (including phenoxy) is 1. The number of nitrogens with zero attached hydrogens (tertiary/aromatic N) is 2. The topological polar surface area (TPSA) is 61.4 Å². The van der Waals surface area contributed by atoms with E-state index >= 15 is 0 Å². The molecule has 2 N–H and O–H groups in total. The molecule has 2 heterocycles.